The molecule has 1 saturated carbocycles. The standard InChI is InChI=1S/C12H13NO4/c1-7-2-3-8(6-9(7)10(14)15)13-11(16)12(17)4-5-12/h2-3,6,17H,4-5H2,1H3,(H,13,16)(H,14,15). The number of anilines is 1. The monoisotopic (exact) mass is 235 g/mol. The highest BCUT2D eigenvalue weighted by atomic mass is 16.4. The van der Waals surface area contributed by atoms with Crippen LogP contribution in [0, 0.1) is 6.92 Å². The molecule has 90 valence electrons. The number of carbonyl (C=O) groups excluding carboxylic acids is 1. The fraction of sp³-hybridized carbons (Fsp3) is 0.333. The first kappa shape index (κ1) is 11.6. The first-order valence-electron chi connectivity index (χ1n) is 5.30. The summed E-state index contributed by atoms with van der Waals surface area (Å²) in [5.41, 5.74) is -0.0987. The molecular weight excluding hydrogens is 222 g/mol. The van der Waals surface area contributed by atoms with Crippen molar-refractivity contribution in [3.63, 3.8) is 0 Å². The second-order valence-corrected chi connectivity index (χ2v) is 4.32. The molecule has 0 saturated heterocycles. The number of carboxylic acid groups (broad SMARTS) is 1. The lowest BCUT2D eigenvalue weighted by Crippen LogP contribution is -2.29. The number of aromatic carboxylic acids is 1. The maximum absolute atomic E-state index is 11.6. The molecule has 5 heteroatoms. The van der Waals surface area contributed by atoms with Gasteiger partial charge in [-0.2, -0.15) is 0 Å². The topological polar surface area (TPSA) is 86.6 Å². The van der Waals surface area contributed by atoms with E-state index in [0.29, 0.717) is 24.1 Å². The van der Waals surface area contributed by atoms with E-state index in [1.54, 1.807) is 19.1 Å². The maximum Gasteiger partial charge on any atom is 0.336 e. The number of rotatable bonds is 3. The smallest absolute Gasteiger partial charge is 0.336 e. The van der Waals surface area contributed by atoms with E-state index in [4.69, 9.17) is 5.11 Å². The molecule has 0 bridgehead atoms. The molecule has 0 heterocycles. The Morgan fingerprint density at radius 2 is 2.00 bits per heavy atom. The molecule has 0 radical (unpaired) electrons. The van der Waals surface area contributed by atoms with Gasteiger partial charge in [0.05, 0.1) is 5.56 Å². The summed E-state index contributed by atoms with van der Waals surface area (Å²) in [6.07, 6.45) is 0.910. The van der Waals surface area contributed by atoms with Crippen molar-refractivity contribution in [3.05, 3.63) is 29.3 Å². The highest BCUT2D eigenvalue weighted by Crippen LogP contribution is 2.36. The van der Waals surface area contributed by atoms with E-state index in [-0.39, 0.29) is 5.56 Å². The summed E-state index contributed by atoms with van der Waals surface area (Å²) in [5.74, 6) is -1.51. The van der Waals surface area contributed by atoms with Crippen molar-refractivity contribution in [1.29, 1.82) is 0 Å². The summed E-state index contributed by atoms with van der Waals surface area (Å²) in [6, 6.07) is 4.63. The molecule has 1 amide bonds. The van der Waals surface area contributed by atoms with E-state index in [1.807, 2.05) is 0 Å². The van der Waals surface area contributed by atoms with Gasteiger partial charge in [0.2, 0.25) is 0 Å². The number of benzene rings is 1. The van der Waals surface area contributed by atoms with Gasteiger partial charge >= 0.3 is 5.97 Å². The molecule has 0 spiro atoms. The van der Waals surface area contributed by atoms with Crippen LogP contribution in [-0.4, -0.2) is 27.7 Å². The van der Waals surface area contributed by atoms with E-state index < -0.39 is 17.5 Å². The van der Waals surface area contributed by atoms with Crippen LogP contribution in [0.15, 0.2) is 18.2 Å². The Kier molecular flexibility index (Phi) is 2.63. The summed E-state index contributed by atoms with van der Waals surface area (Å²) in [6.45, 7) is 1.68. The molecule has 1 aromatic carbocycles. The zero-order valence-electron chi connectivity index (χ0n) is 9.36. The van der Waals surface area contributed by atoms with Crippen LogP contribution in [0.1, 0.15) is 28.8 Å². The Labute approximate surface area is 98.1 Å². The van der Waals surface area contributed by atoms with Crippen molar-refractivity contribution in [1.82, 2.24) is 0 Å². The molecule has 17 heavy (non-hydrogen) atoms. The van der Waals surface area contributed by atoms with E-state index in [2.05, 4.69) is 5.32 Å². The Balaban J connectivity index is 2.19. The summed E-state index contributed by atoms with van der Waals surface area (Å²) in [5, 5.41) is 21.0. The van der Waals surface area contributed by atoms with Gasteiger partial charge in [0, 0.05) is 5.69 Å². The minimum absolute atomic E-state index is 0.144. The lowest BCUT2D eigenvalue weighted by molar-refractivity contribution is -0.125. The lowest BCUT2D eigenvalue weighted by atomic mass is 10.1. The van der Waals surface area contributed by atoms with Crippen molar-refractivity contribution in [2.24, 2.45) is 0 Å². The minimum atomic E-state index is -1.26. The maximum atomic E-state index is 11.6. The predicted octanol–water partition coefficient (Wildman–Crippen LogP) is 1.16. The Morgan fingerprint density at radius 1 is 1.35 bits per heavy atom. The number of nitrogens with one attached hydrogen (secondary N) is 1. The van der Waals surface area contributed by atoms with Gasteiger partial charge < -0.3 is 15.5 Å². The van der Waals surface area contributed by atoms with E-state index in [1.165, 1.54) is 6.07 Å². The Bertz CT molecular complexity index is 491. The Morgan fingerprint density at radius 3 is 2.53 bits per heavy atom. The minimum Gasteiger partial charge on any atom is -0.478 e. The van der Waals surface area contributed by atoms with Crippen LogP contribution < -0.4 is 5.32 Å². The summed E-state index contributed by atoms with van der Waals surface area (Å²) in [7, 11) is 0. The molecule has 3 N–H and O–H groups in total. The first-order valence-corrected chi connectivity index (χ1v) is 5.30. The molecular formula is C12H13NO4. The summed E-state index contributed by atoms with van der Waals surface area (Å²) >= 11 is 0. The average molecular weight is 235 g/mol. The predicted molar refractivity (Wildman–Crippen MR) is 61.0 cm³/mol. The van der Waals surface area contributed by atoms with Crippen LogP contribution in [0.25, 0.3) is 0 Å². The van der Waals surface area contributed by atoms with Gasteiger partial charge in [0.15, 0.2) is 0 Å². The lowest BCUT2D eigenvalue weighted by Gasteiger charge is -2.10. The number of carboxylic acids is 1. The van der Waals surface area contributed by atoms with Crippen LogP contribution in [-0.2, 0) is 4.79 Å². The van der Waals surface area contributed by atoms with Gasteiger partial charge in [-0.3, -0.25) is 4.79 Å². The number of aryl methyl sites for hydroxylation is 1. The second kappa shape index (κ2) is 3.85. The third-order valence-electron chi connectivity index (χ3n) is 2.87. The van der Waals surface area contributed by atoms with Crippen LogP contribution in [0.4, 0.5) is 5.69 Å². The van der Waals surface area contributed by atoms with Gasteiger partial charge in [0.1, 0.15) is 5.60 Å². The van der Waals surface area contributed by atoms with E-state index in [9.17, 15) is 14.7 Å². The molecule has 5 nitrogen and oxygen atoms in total. The molecule has 1 aromatic rings. The van der Waals surface area contributed by atoms with Crippen LogP contribution in [0.2, 0.25) is 0 Å². The number of aliphatic hydroxyl groups is 1. The fourth-order valence-corrected chi connectivity index (χ4v) is 1.52. The van der Waals surface area contributed by atoms with Crippen molar-refractivity contribution in [2.45, 2.75) is 25.4 Å². The first-order chi connectivity index (χ1) is 7.92. The van der Waals surface area contributed by atoms with Crippen molar-refractivity contribution in [3.8, 4) is 0 Å². The van der Waals surface area contributed by atoms with Gasteiger partial charge in [0.25, 0.3) is 5.91 Å². The third-order valence-corrected chi connectivity index (χ3v) is 2.87. The summed E-state index contributed by atoms with van der Waals surface area (Å²) < 4.78 is 0. The van der Waals surface area contributed by atoms with E-state index >= 15 is 0 Å². The van der Waals surface area contributed by atoms with Crippen LogP contribution in [0.5, 0.6) is 0 Å². The van der Waals surface area contributed by atoms with Gasteiger partial charge in [-0.05, 0) is 37.5 Å². The molecule has 2 rings (SSSR count). The molecule has 1 fully saturated rings. The highest BCUT2D eigenvalue weighted by molar-refractivity contribution is 6.00. The number of amides is 1. The molecule has 1 aliphatic carbocycles. The fourth-order valence-electron chi connectivity index (χ4n) is 1.52. The largest absolute Gasteiger partial charge is 0.478 e. The van der Waals surface area contributed by atoms with Crippen molar-refractivity contribution >= 4 is 17.6 Å². The third kappa shape index (κ3) is 2.29. The number of hydrogen-bond acceptors (Lipinski definition) is 3. The second-order valence-electron chi connectivity index (χ2n) is 4.32. The zero-order chi connectivity index (χ0) is 12.6. The van der Waals surface area contributed by atoms with E-state index in [0.717, 1.165) is 0 Å². The molecule has 0 atom stereocenters. The van der Waals surface area contributed by atoms with Crippen molar-refractivity contribution in [2.75, 3.05) is 5.32 Å². The SMILES string of the molecule is Cc1ccc(NC(=O)C2(O)CC2)cc1C(=O)O. The summed E-state index contributed by atoms with van der Waals surface area (Å²) in [4.78, 5) is 22.5. The van der Waals surface area contributed by atoms with Crippen LogP contribution >= 0.6 is 0 Å². The Hall–Kier alpha value is -1.88. The average Bonchev–Trinajstić information content (AvgIpc) is 3.00. The van der Waals surface area contributed by atoms with Crippen molar-refractivity contribution < 1.29 is 19.8 Å². The van der Waals surface area contributed by atoms with Gasteiger partial charge in [-0.25, -0.2) is 4.79 Å². The normalized spacial score (nSPS) is 16.4. The van der Waals surface area contributed by atoms with Gasteiger partial charge in [-0.1, -0.05) is 6.07 Å². The molecule has 0 unspecified atom stereocenters. The number of hydrogen-bond donors (Lipinski definition) is 3. The van der Waals surface area contributed by atoms with Gasteiger partial charge in [-0.15, -0.1) is 0 Å². The molecule has 0 aromatic heterocycles. The number of carbonyl (C=O) groups is 2. The highest BCUT2D eigenvalue weighted by Gasteiger charge is 2.48. The zero-order valence-corrected chi connectivity index (χ0v) is 9.36. The van der Waals surface area contributed by atoms with Crippen LogP contribution in [0.3, 0.4) is 0 Å². The molecule has 1 aliphatic rings. The quantitative estimate of drug-likeness (QED) is 0.733. The molecule has 0 aliphatic heterocycles.